The van der Waals surface area contributed by atoms with Crippen LogP contribution in [0.4, 0.5) is 22.0 Å². The highest BCUT2D eigenvalue weighted by molar-refractivity contribution is 8.14. The highest BCUT2D eigenvalue weighted by Crippen LogP contribution is 2.56. The van der Waals surface area contributed by atoms with E-state index in [1.807, 2.05) is 0 Å². The number of hydrogen-bond acceptors (Lipinski definition) is 4. The van der Waals surface area contributed by atoms with Crippen molar-refractivity contribution in [3.8, 4) is 0 Å². The minimum atomic E-state index is -6.33. The van der Waals surface area contributed by atoms with Gasteiger partial charge < -0.3 is 4.13 Å². The molecule has 0 amide bonds. The van der Waals surface area contributed by atoms with Gasteiger partial charge in [-0.25, -0.2) is 21.2 Å². The zero-order chi connectivity index (χ0) is 13.2. The molecule has 0 radical (unpaired) electrons. The van der Waals surface area contributed by atoms with Gasteiger partial charge in [0.2, 0.25) is 0 Å². The maximum atomic E-state index is 13.1. The Labute approximate surface area is 86.7 Å². The molecule has 0 aromatic heterocycles. The molecule has 0 spiro atoms. The summed E-state index contributed by atoms with van der Waals surface area (Å²) >= 11 is 0. The molecule has 0 saturated carbocycles. The largest absolute Gasteiger partial charge is 0.428 e. The molecule has 1 atom stereocenters. The monoisotopic (exact) mass is 288 g/mol. The minimum Gasteiger partial charge on any atom is -0.428 e. The second-order valence-electron chi connectivity index (χ2n) is 3.03. The normalized spacial score (nSPS) is 39.1. The molecule has 0 bridgehead atoms. The van der Waals surface area contributed by atoms with E-state index in [-0.39, 0.29) is 6.92 Å². The van der Waals surface area contributed by atoms with Crippen LogP contribution in [-0.2, 0) is 20.0 Å². The standard InChI is InChI=1S/C4H3F5NO4S2/c1-2(5)3(6,7)4(8,9)16(13,14)10-15(2,11)12/h1H3/q-1. The molecule has 5 nitrogen and oxygen atoms in total. The first kappa shape index (κ1) is 13.6. The Bertz CT molecular complexity index is 475. The van der Waals surface area contributed by atoms with Crippen LogP contribution in [0.25, 0.3) is 4.13 Å². The topological polar surface area (TPSA) is 82.4 Å². The molecule has 12 heteroatoms. The molecule has 0 N–H and O–H groups in total. The van der Waals surface area contributed by atoms with Crippen LogP contribution in [-0.4, -0.2) is 33.0 Å². The van der Waals surface area contributed by atoms with Crippen LogP contribution in [0.5, 0.6) is 0 Å². The molecule has 1 aliphatic rings. The van der Waals surface area contributed by atoms with E-state index in [2.05, 4.69) is 0 Å². The Morgan fingerprint density at radius 2 is 1.25 bits per heavy atom. The van der Waals surface area contributed by atoms with Crippen molar-refractivity contribution in [2.75, 3.05) is 0 Å². The molecule has 1 fully saturated rings. The first-order chi connectivity index (χ1) is 6.71. The number of halogens is 5. The van der Waals surface area contributed by atoms with E-state index < -0.39 is 36.2 Å². The molecule has 16 heavy (non-hydrogen) atoms. The van der Waals surface area contributed by atoms with Crippen LogP contribution in [0, 0.1) is 0 Å². The fourth-order valence-corrected chi connectivity index (χ4v) is 3.83. The van der Waals surface area contributed by atoms with E-state index in [9.17, 15) is 38.8 Å². The summed E-state index contributed by atoms with van der Waals surface area (Å²) in [6.45, 7) is -0.381. The Kier molecular flexibility index (Phi) is 2.41. The zero-order valence-corrected chi connectivity index (χ0v) is 8.92. The predicted molar refractivity (Wildman–Crippen MR) is 40.6 cm³/mol. The summed E-state index contributed by atoms with van der Waals surface area (Å²) in [5.41, 5.74) is 0. The van der Waals surface area contributed by atoms with Crippen LogP contribution < -0.4 is 0 Å². The van der Waals surface area contributed by atoms with E-state index in [1.54, 1.807) is 0 Å². The van der Waals surface area contributed by atoms with Crippen LogP contribution in [0.3, 0.4) is 0 Å². The maximum absolute atomic E-state index is 13.1. The molecule has 96 valence electrons. The number of rotatable bonds is 0. The lowest BCUT2D eigenvalue weighted by Gasteiger charge is -2.45. The Hall–Kier alpha value is -0.490. The fourth-order valence-electron chi connectivity index (χ4n) is 0.830. The molecular formula is C4H3F5NO4S2-. The van der Waals surface area contributed by atoms with Gasteiger partial charge in [-0.05, 0) is 6.92 Å². The Morgan fingerprint density at radius 1 is 0.875 bits per heavy atom. The van der Waals surface area contributed by atoms with Gasteiger partial charge in [0.05, 0.1) is 0 Å². The summed E-state index contributed by atoms with van der Waals surface area (Å²) in [6, 6.07) is 0. The Balaban J connectivity index is 3.70. The quantitative estimate of drug-likeness (QED) is 0.621. The van der Waals surface area contributed by atoms with Crippen molar-refractivity contribution in [2.24, 2.45) is 0 Å². The van der Waals surface area contributed by atoms with Gasteiger partial charge in [-0.1, -0.05) is 0 Å². The van der Waals surface area contributed by atoms with Gasteiger partial charge in [0, 0.05) is 0 Å². The van der Waals surface area contributed by atoms with Gasteiger partial charge in [-0.3, -0.25) is 0 Å². The lowest BCUT2D eigenvalue weighted by Crippen LogP contribution is -2.64. The fraction of sp³-hybridized carbons (Fsp3) is 1.00. The van der Waals surface area contributed by atoms with E-state index in [0.717, 1.165) is 0 Å². The van der Waals surface area contributed by atoms with Gasteiger partial charge >= 0.3 is 11.2 Å². The first-order valence-corrected chi connectivity index (χ1v) is 6.27. The van der Waals surface area contributed by atoms with Crippen molar-refractivity contribution in [1.82, 2.24) is 0 Å². The summed E-state index contributed by atoms with van der Waals surface area (Å²) < 4.78 is 108. The van der Waals surface area contributed by atoms with E-state index in [4.69, 9.17) is 0 Å². The van der Waals surface area contributed by atoms with Gasteiger partial charge in [0.15, 0.2) is 10.0 Å². The molecule has 1 aliphatic heterocycles. The van der Waals surface area contributed by atoms with E-state index in [1.165, 1.54) is 4.13 Å². The van der Waals surface area contributed by atoms with Gasteiger partial charge in [-0.2, -0.15) is 17.6 Å². The molecule has 0 aromatic carbocycles. The highest BCUT2D eigenvalue weighted by atomic mass is 32.3. The van der Waals surface area contributed by atoms with Gasteiger partial charge in [0.1, 0.15) is 10.0 Å². The van der Waals surface area contributed by atoms with Crippen molar-refractivity contribution >= 4 is 20.0 Å². The number of alkyl halides is 5. The van der Waals surface area contributed by atoms with E-state index in [0.29, 0.717) is 0 Å². The third-order valence-corrected chi connectivity index (χ3v) is 5.63. The molecule has 1 heterocycles. The zero-order valence-electron chi connectivity index (χ0n) is 7.29. The number of hydrogen-bond donors (Lipinski definition) is 0. The van der Waals surface area contributed by atoms with Crippen molar-refractivity contribution in [1.29, 1.82) is 0 Å². The number of sulfonamides is 2. The SMILES string of the molecule is CC1(F)C(F)(F)C(F)(F)S(=O)(=O)[N-]S1(=O)=O. The van der Waals surface area contributed by atoms with E-state index >= 15 is 0 Å². The molecule has 0 aliphatic carbocycles. The van der Waals surface area contributed by atoms with Crippen molar-refractivity contribution in [2.45, 2.75) is 23.1 Å². The second-order valence-corrected chi connectivity index (χ2v) is 6.81. The summed E-state index contributed by atoms with van der Waals surface area (Å²) in [7, 11) is -12.2. The van der Waals surface area contributed by atoms with Gasteiger partial charge in [0.25, 0.3) is 5.00 Å². The molecular weight excluding hydrogens is 285 g/mol. The minimum absolute atomic E-state index is 0.381. The average molecular weight is 288 g/mol. The van der Waals surface area contributed by atoms with Crippen molar-refractivity contribution in [3.63, 3.8) is 0 Å². The lowest BCUT2D eigenvalue weighted by molar-refractivity contribution is -0.204. The second kappa shape index (κ2) is 2.85. The third-order valence-electron chi connectivity index (χ3n) is 1.93. The summed E-state index contributed by atoms with van der Waals surface area (Å²) in [5, 5.41) is -10.7. The average Bonchev–Trinajstić information content (AvgIpc) is 1.98. The van der Waals surface area contributed by atoms with Crippen molar-refractivity contribution in [3.05, 3.63) is 4.13 Å². The lowest BCUT2D eigenvalue weighted by atomic mass is 10.2. The first-order valence-electron chi connectivity index (χ1n) is 3.38. The van der Waals surface area contributed by atoms with Crippen LogP contribution in [0.1, 0.15) is 6.92 Å². The smallest absolute Gasteiger partial charge is 0.396 e. The summed E-state index contributed by atoms with van der Waals surface area (Å²) in [5.74, 6) is -5.93. The molecule has 1 unspecified atom stereocenters. The predicted octanol–water partition coefficient (Wildman–Crippen LogP) is 0.947. The molecule has 0 aromatic rings. The molecule has 1 saturated heterocycles. The Morgan fingerprint density at radius 3 is 1.62 bits per heavy atom. The summed E-state index contributed by atoms with van der Waals surface area (Å²) in [6.07, 6.45) is 0. The van der Waals surface area contributed by atoms with Crippen molar-refractivity contribution < 1.29 is 38.8 Å². The number of nitrogens with zero attached hydrogens (tertiary/aromatic N) is 1. The highest BCUT2D eigenvalue weighted by Gasteiger charge is 2.78. The van der Waals surface area contributed by atoms with Crippen LogP contribution >= 0.6 is 0 Å². The van der Waals surface area contributed by atoms with Crippen LogP contribution in [0.15, 0.2) is 0 Å². The maximum Gasteiger partial charge on any atom is 0.396 e. The van der Waals surface area contributed by atoms with Gasteiger partial charge in [-0.15, -0.1) is 0 Å². The third kappa shape index (κ3) is 1.23. The van der Waals surface area contributed by atoms with Crippen LogP contribution in [0.2, 0.25) is 0 Å². The summed E-state index contributed by atoms with van der Waals surface area (Å²) in [4.78, 5) is 0. The molecule has 1 rings (SSSR count).